The Labute approximate surface area is 251 Å². The molecule has 4 aromatic rings. The average Bonchev–Trinajstić information content (AvgIpc) is 3.25. The number of carboxylic acids is 1. The van der Waals surface area contributed by atoms with Crippen LogP contribution in [0, 0.1) is 13.8 Å². The van der Waals surface area contributed by atoms with Gasteiger partial charge in [-0.2, -0.15) is 0 Å². The maximum atomic E-state index is 13.7. The van der Waals surface area contributed by atoms with Crippen LogP contribution in [0.2, 0.25) is 10.0 Å². The molecule has 0 aliphatic carbocycles. The highest BCUT2D eigenvalue weighted by Crippen LogP contribution is 2.39. The lowest BCUT2D eigenvalue weighted by Gasteiger charge is -2.16. The number of rotatable bonds is 7. The lowest BCUT2D eigenvalue weighted by Crippen LogP contribution is -2.28. The van der Waals surface area contributed by atoms with Crippen LogP contribution in [0.1, 0.15) is 32.6 Å². The topological polar surface area (TPSA) is 79.2 Å². The minimum absolute atomic E-state index is 0.219. The Morgan fingerprint density at radius 2 is 1.66 bits per heavy atom. The predicted molar refractivity (Wildman–Crippen MR) is 167 cm³/mol. The van der Waals surface area contributed by atoms with Gasteiger partial charge in [-0.25, -0.2) is 9.79 Å². The van der Waals surface area contributed by atoms with E-state index in [0.29, 0.717) is 37.2 Å². The Balaban J connectivity index is 1.43. The molecule has 0 bridgehead atoms. The molecular formula is C32H24Cl2N2O4S. The molecular weight excluding hydrogens is 579 g/mol. The number of amides is 1. The number of nitrogens with zero attached hydrogens (tertiary/aromatic N) is 2. The van der Waals surface area contributed by atoms with Crippen LogP contribution >= 0.6 is 35.0 Å². The lowest BCUT2D eigenvalue weighted by molar-refractivity contribution is -0.113. The van der Waals surface area contributed by atoms with E-state index >= 15 is 0 Å². The standard InChI is InChI=1S/C32H24Cl2N2O4S/c1-19-6-12-24(16-27(19)33)35-32-36(25-13-7-20(2)28(34)17-25)30(37)29(41-32)15-22-4-3-5-26(14-22)40-18-21-8-10-23(11-9-21)31(38)39/h3-17H,18H2,1-2H3,(H,38,39)/b29-15-,35-32?. The van der Waals surface area contributed by atoms with E-state index in [9.17, 15) is 9.59 Å². The monoisotopic (exact) mass is 602 g/mol. The van der Waals surface area contributed by atoms with Gasteiger partial charge in [0.05, 0.1) is 21.8 Å². The van der Waals surface area contributed by atoms with Crippen molar-refractivity contribution in [1.29, 1.82) is 0 Å². The van der Waals surface area contributed by atoms with Crippen molar-refractivity contribution in [2.75, 3.05) is 4.90 Å². The van der Waals surface area contributed by atoms with Gasteiger partial charge in [0.15, 0.2) is 5.17 Å². The average molecular weight is 604 g/mol. The van der Waals surface area contributed by atoms with E-state index < -0.39 is 5.97 Å². The predicted octanol–water partition coefficient (Wildman–Crippen LogP) is 8.70. The first-order valence-corrected chi connectivity index (χ1v) is 14.2. The highest BCUT2D eigenvalue weighted by Gasteiger charge is 2.35. The summed E-state index contributed by atoms with van der Waals surface area (Å²) in [6.07, 6.45) is 1.80. The second kappa shape index (κ2) is 12.2. The Kier molecular flexibility index (Phi) is 8.49. The number of aliphatic imine (C=N–C) groups is 1. The van der Waals surface area contributed by atoms with Crippen LogP contribution in [0.25, 0.3) is 6.08 Å². The molecule has 6 nitrogen and oxygen atoms in total. The zero-order chi connectivity index (χ0) is 29.1. The number of carbonyl (C=O) groups excluding carboxylic acids is 1. The van der Waals surface area contributed by atoms with Crippen molar-refractivity contribution in [3.63, 3.8) is 0 Å². The van der Waals surface area contributed by atoms with Gasteiger partial charge in [0.2, 0.25) is 0 Å². The first-order chi connectivity index (χ1) is 19.7. The van der Waals surface area contributed by atoms with Gasteiger partial charge in [-0.3, -0.25) is 9.69 Å². The van der Waals surface area contributed by atoms with Gasteiger partial charge in [0.1, 0.15) is 12.4 Å². The number of halogens is 2. The van der Waals surface area contributed by atoms with Crippen LogP contribution in [0.3, 0.4) is 0 Å². The van der Waals surface area contributed by atoms with E-state index in [1.54, 1.807) is 47.4 Å². The molecule has 206 valence electrons. The summed E-state index contributed by atoms with van der Waals surface area (Å²) in [7, 11) is 0. The summed E-state index contributed by atoms with van der Waals surface area (Å²) in [6.45, 7) is 4.09. The molecule has 0 spiro atoms. The molecule has 1 saturated heterocycles. The van der Waals surface area contributed by atoms with Crippen molar-refractivity contribution in [2.24, 2.45) is 4.99 Å². The molecule has 1 aliphatic heterocycles. The van der Waals surface area contributed by atoms with E-state index in [0.717, 1.165) is 22.3 Å². The quantitative estimate of drug-likeness (QED) is 0.214. The number of carboxylic acid groups (broad SMARTS) is 1. The summed E-state index contributed by atoms with van der Waals surface area (Å²) in [5.74, 6) is -0.586. The van der Waals surface area contributed by atoms with Gasteiger partial charge in [-0.15, -0.1) is 0 Å². The number of hydrogen-bond donors (Lipinski definition) is 1. The fraction of sp³-hybridized carbons (Fsp3) is 0.0938. The Bertz CT molecular complexity index is 1720. The lowest BCUT2D eigenvalue weighted by atomic mass is 10.1. The number of carbonyl (C=O) groups is 2. The smallest absolute Gasteiger partial charge is 0.335 e. The second-order valence-corrected chi connectivity index (χ2v) is 11.2. The van der Waals surface area contributed by atoms with Crippen LogP contribution in [0.15, 0.2) is 94.8 Å². The van der Waals surface area contributed by atoms with Gasteiger partial charge in [0, 0.05) is 10.0 Å². The zero-order valence-corrected chi connectivity index (χ0v) is 24.4. The summed E-state index contributed by atoms with van der Waals surface area (Å²) in [5, 5.41) is 10.7. The molecule has 4 aromatic carbocycles. The number of hydrogen-bond acceptors (Lipinski definition) is 5. The van der Waals surface area contributed by atoms with Gasteiger partial charge >= 0.3 is 5.97 Å². The third-order valence-electron chi connectivity index (χ3n) is 6.36. The Morgan fingerprint density at radius 3 is 2.34 bits per heavy atom. The van der Waals surface area contributed by atoms with Crippen molar-refractivity contribution in [3.8, 4) is 5.75 Å². The number of ether oxygens (including phenoxy) is 1. The number of amidine groups is 1. The summed E-state index contributed by atoms with van der Waals surface area (Å²) in [5.41, 5.74) is 4.93. The largest absolute Gasteiger partial charge is 0.489 e. The minimum atomic E-state index is -0.975. The highest BCUT2D eigenvalue weighted by molar-refractivity contribution is 8.19. The van der Waals surface area contributed by atoms with Gasteiger partial charge < -0.3 is 9.84 Å². The first-order valence-electron chi connectivity index (χ1n) is 12.6. The molecule has 41 heavy (non-hydrogen) atoms. The summed E-state index contributed by atoms with van der Waals surface area (Å²) in [6, 6.07) is 24.9. The van der Waals surface area contributed by atoms with Crippen LogP contribution in [-0.4, -0.2) is 22.2 Å². The van der Waals surface area contributed by atoms with Crippen LogP contribution in [0.5, 0.6) is 5.75 Å². The molecule has 1 N–H and O–H groups in total. The first kappa shape index (κ1) is 28.5. The molecule has 0 saturated carbocycles. The summed E-state index contributed by atoms with van der Waals surface area (Å²) >= 11 is 14.0. The normalized spacial score (nSPS) is 15.1. The maximum Gasteiger partial charge on any atom is 0.335 e. The second-order valence-electron chi connectivity index (χ2n) is 9.38. The zero-order valence-electron chi connectivity index (χ0n) is 22.1. The fourth-order valence-electron chi connectivity index (χ4n) is 4.01. The molecule has 1 amide bonds. The molecule has 1 fully saturated rings. The van der Waals surface area contributed by atoms with Crippen molar-refractivity contribution in [1.82, 2.24) is 0 Å². The van der Waals surface area contributed by atoms with Crippen molar-refractivity contribution < 1.29 is 19.4 Å². The molecule has 0 atom stereocenters. The molecule has 1 aliphatic rings. The van der Waals surface area contributed by atoms with Gasteiger partial charge in [-0.1, -0.05) is 59.6 Å². The van der Waals surface area contributed by atoms with Crippen LogP contribution in [-0.2, 0) is 11.4 Å². The van der Waals surface area contributed by atoms with Crippen molar-refractivity contribution in [2.45, 2.75) is 20.5 Å². The highest BCUT2D eigenvalue weighted by atomic mass is 35.5. The summed E-state index contributed by atoms with van der Waals surface area (Å²) < 4.78 is 5.93. The molecule has 1 heterocycles. The van der Waals surface area contributed by atoms with Gasteiger partial charge in [0.25, 0.3) is 5.91 Å². The maximum absolute atomic E-state index is 13.7. The van der Waals surface area contributed by atoms with E-state index in [1.807, 2.05) is 62.4 Å². The molecule has 0 radical (unpaired) electrons. The van der Waals surface area contributed by atoms with E-state index in [4.69, 9.17) is 38.0 Å². The summed E-state index contributed by atoms with van der Waals surface area (Å²) in [4.78, 5) is 31.6. The Morgan fingerprint density at radius 1 is 0.951 bits per heavy atom. The van der Waals surface area contributed by atoms with Crippen LogP contribution in [0.4, 0.5) is 11.4 Å². The molecule has 0 aromatic heterocycles. The third kappa shape index (κ3) is 6.65. The van der Waals surface area contributed by atoms with E-state index in [2.05, 4.69) is 0 Å². The molecule has 0 unspecified atom stereocenters. The number of aryl methyl sites for hydroxylation is 2. The molecule has 9 heteroatoms. The third-order valence-corrected chi connectivity index (χ3v) is 8.15. The van der Waals surface area contributed by atoms with Gasteiger partial charge in [-0.05, 0) is 102 Å². The number of benzene rings is 4. The van der Waals surface area contributed by atoms with Crippen LogP contribution < -0.4 is 9.64 Å². The number of aromatic carboxylic acids is 1. The number of thioether (sulfide) groups is 1. The number of anilines is 1. The van der Waals surface area contributed by atoms with E-state index in [1.165, 1.54) is 11.8 Å². The SMILES string of the molecule is Cc1ccc(N=C2S/C(=C\c3cccc(OCc4ccc(C(=O)O)cc4)c3)C(=O)N2c2ccc(C)c(Cl)c2)cc1Cl. The Hall–Kier alpha value is -4.04. The fourth-order valence-corrected chi connectivity index (χ4v) is 5.37. The van der Waals surface area contributed by atoms with E-state index in [-0.39, 0.29) is 18.1 Å². The van der Waals surface area contributed by atoms with Crippen molar-refractivity contribution >= 4 is 69.5 Å². The van der Waals surface area contributed by atoms with Crippen molar-refractivity contribution in [3.05, 3.63) is 128 Å². The minimum Gasteiger partial charge on any atom is -0.489 e. The molecule has 5 rings (SSSR count).